The highest BCUT2D eigenvalue weighted by Crippen LogP contribution is 2.27. The maximum atomic E-state index is 11.4. The van der Waals surface area contributed by atoms with E-state index in [4.69, 9.17) is 11.5 Å². The molecule has 1 aromatic heterocycles. The van der Waals surface area contributed by atoms with Gasteiger partial charge in [-0.1, -0.05) is 0 Å². The topological polar surface area (TPSA) is 85.2 Å². The Morgan fingerprint density at radius 2 is 2.31 bits per heavy atom. The van der Waals surface area contributed by atoms with Crippen LogP contribution in [0.15, 0.2) is 18.3 Å². The molecular weight excluding hydrogens is 204 g/mol. The van der Waals surface area contributed by atoms with Crippen molar-refractivity contribution < 1.29 is 4.79 Å². The van der Waals surface area contributed by atoms with Gasteiger partial charge in [-0.05, 0) is 31.4 Å². The quantitative estimate of drug-likeness (QED) is 0.760. The number of anilines is 2. The molecule has 0 radical (unpaired) electrons. The molecular formula is C11H16N4O. The third kappa shape index (κ3) is 1.93. The molecule has 1 aliphatic rings. The summed E-state index contributed by atoms with van der Waals surface area (Å²) in [5.41, 5.74) is 12.0. The van der Waals surface area contributed by atoms with Gasteiger partial charge in [0.05, 0.1) is 5.69 Å². The number of nitrogen functional groups attached to an aromatic ring is 1. The first-order valence-corrected chi connectivity index (χ1v) is 5.46. The van der Waals surface area contributed by atoms with Gasteiger partial charge in [0.2, 0.25) is 5.91 Å². The molecule has 1 aliphatic heterocycles. The molecule has 2 heterocycles. The highest BCUT2D eigenvalue weighted by molar-refractivity contribution is 5.85. The third-order valence-corrected chi connectivity index (χ3v) is 2.96. The second kappa shape index (κ2) is 4.38. The van der Waals surface area contributed by atoms with Crippen LogP contribution in [0.25, 0.3) is 0 Å². The van der Waals surface area contributed by atoms with Gasteiger partial charge >= 0.3 is 0 Å². The average molecular weight is 220 g/mol. The first-order valence-electron chi connectivity index (χ1n) is 5.46. The summed E-state index contributed by atoms with van der Waals surface area (Å²) < 4.78 is 0. The first kappa shape index (κ1) is 10.7. The zero-order valence-corrected chi connectivity index (χ0v) is 9.10. The molecule has 5 nitrogen and oxygen atoms in total. The Hall–Kier alpha value is -1.78. The van der Waals surface area contributed by atoms with Gasteiger partial charge in [0.15, 0.2) is 0 Å². The van der Waals surface area contributed by atoms with Crippen LogP contribution in [0, 0.1) is 0 Å². The predicted octanol–water partition coefficient (Wildman–Crippen LogP) is 0.508. The van der Waals surface area contributed by atoms with Gasteiger partial charge in [-0.2, -0.15) is 0 Å². The molecule has 0 bridgehead atoms. The van der Waals surface area contributed by atoms with Crippen molar-refractivity contribution in [1.29, 1.82) is 0 Å². The minimum Gasteiger partial charge on any atom is -0.382 e. The molecule has 1 unspecified atom stereocenters. The summed E-state index contributed by atoms with van der Waals surface area (Å²) in [5, 5.41) is 0. The number of piperidine rings is 1. The van der Waals surface area contributed by atoms with Crippen LogP contribution in [0.1, 0.15) is 19.3 Å². The van der Waals surface area contributed by atoms with Crippen molar-refractivity contribution >= 4 is 17.4 Å². The van der Waals surface area contributed by atoms with Crippen molar-refractivity contribution in [2.75, 3.05) is 17.2 Å². The Labute approximate surface area is 94.4 Å². The molecule has 2 rings (SSSR count). The summed E-state index contributed by atoms with van der Waals surface area (Å²) in [7, 11) is 0. The standard InChI is InChI=1S/C11H16N4O/c12-10-8(5-3-6-14-10)15-7-2-1-4-9(15)11(13)16/h3,5-6,9H,1-2,4,7H2,(H2,12,14)(H2,13,16). The molecule has 1 fully saturated rings. The maximum absolute atomic E-state index is 11.4. The Morgan fingerprint density at radius 3 is 3.00 bits per heavy atom. The molecule has 5 heteroatoms. The van der Waals surface area contributed by atoms with E-state index >= 15 is 0 Å². The number of carbonyl (C=O) groups excluding carboxylic acids is 1. The molecule has 16 heavy (non-hydrogen) atoms. The SMILES string of the molecule is NC(=O)C1CCCCN1c1cccnc1N. The minimum absolute atomic E-state index is 0.250. The molecule has 0 saturated carbocycles. The van der Waals surface area contributed by atoms with Crippen LogP contribution < -0.4 is 16.4 Å². The van der Waals surface area contributed by atoms with E-state index in [-0.39, 0.29) is 11.9 Å². The number of carbonyl (C=O) groups is 1. The number of hydrogen-bond acceptors (Lipinski definition) is 4. The van der Waals surface area contributed by atoms with Crippen molar-refractivity contribution in [2.45, 2.75) is 25.3 Å². The molecule has 1 aromatic rings. The molecule has 0 aliphatic carbocycles. The van der Waals surface area contributed by atoms with Gasteiger partial charge in [0.1, 0.15) is 11.9 Å². The van der Waals surface area contributed by atoms with Crippen molar-refractivity contribution in [3.8, 4) is 0 Å². The van der Waals surface area contributed by atoms with Crippen LogP contribution >= 0.6 is 0 Å². The fraction of sp³-hybridized carbons (Fsp3) is 0.455. The van der Waals surface area contributed by atoms with Crippen LogP contribution in [0.3, 0.4) is 0 Å². The molecule has 1 saturated heterocycles. The Kier molecular flexibility index (Phi) is 2.94. The molecule has 1 amide bonds. The van der Waals surface area contributed by atoms with Gasteiger partial charge in [-0.3, -0.25) is 4.79 Å². The highest BCUT2D eigenvalue weighted by Gasteiger charge is 2.28. The summed E-state index contributed by atoms with van der Waals surface area (Å²) in [6.45, 7) is 0.809. The largest absolute Gasteiger partial charge is 0.382 e. The lowest BCUT2D eigenvalue weighted by molar-refractivity contribution is -0.119. The number of rotatable bonds is 2. The van der Waals surface area contributed by atoms with E-state index in [2.05, 4.69) is 4.98 Å². The third-order valence-electron chi connectivity index (χ3n) is 2.96. The van der Waals surface area contributed by atoms with Crippen LogP contribution in [-0.2, 0) is 4.79 Å². The predicted molar refractivity (Wildman–Crippen MR) is 62.8 cm³/mol. The van der Waals surface area contributed by atoms with Crippen molar-refractivity contribution in [3.05, 3.63) is 18.3 Å². The molecule has 4 N–H and O–H groups in total. The number of primary amides is 1. The number of aromatic nitrogens is 1. The Balaban J connectivity index is 2.30. The number of pyridine rings is 1. The Bertz CT molecular complexity index is 393. The molecule has 1 atom stereocenters. The smallest absolute Gasteiger partial charge is 0.240 e. The van der Waals surface area contributed by atoms with Gasteiger partial charge < -0.3 is 16.4 Å². The van der Waals surface area contributed by atoms with E-state index in [1.165, 1.54) is 0 Å². The fourth-order valence-electron chi connectivity index (χ4n) is 2.17. The van der Waals surface area contributed by atoms with Crippen molar-refractivity contribution in [1.82, 2.24) is 4.98 Å². The van der Waals surface area contributed by atoms with E-state index in [0.717, 1.165) is 31.5 Å². The number of amides is 1. The van der Waals surface area contributed by atoms with Crippen LogP contribution in [0.2, 0.25) is 0 Å². The Morgan fingerprint density at radius 1 is 1.50 bits per heavy atom. The molecule has 0 spiro atoms. The normalized spacial score (nSPS) is 20.8. The van der Waals surface area contributed by atoms with Gasteiger partial charge in [-0.15, -0.1) is 0 Å². The summed E-state index contributed by atoms with van der Waals surface area (Å²) >= 11 is 0. The van der Waals surface area contributed by atoms with Crippen LogP contribution in [0.5, 0.6) is 0 Å². The first-order chi connectivity index (χ1) is 7.70. The lowest BCUT2D eigenvalue weighted by Gasteiger charge is -2.35. The summed E-state index contributed by atoms with van der Waals surface area (Å²) in [4.78, 5) is 17.4. The van der Waals surface area contributed by atoms with Crippen molar-refractivity contribution in [3.63, 3.8) is 0 Å². The molecule has 0 aromatic carbocycles. The van der Waals surface area contributed by atoms with Crippen LogP contribution in [0.4, 0.5) is 11.5 Å². The van der Waals surface area contributed by atoms with E-state index < -0.39 is 0 Å². The number of nitrogens with two attached hydrogens (primary N) is 2. The maximum Gasteiger partial charge on any atom is 0.240 e. The zero-order valence-electron chi connectivity index (χ0n) is 9.10. The van der Waals surface area contributed by atoms with Crippen LogP contribution in [-0.4, -0.2) is 23.5 Å². The zero-order chi connectivity index (χ0) is 11.5. The van der Waals surface area contributed by atoms with Crippen molar-refractivity contribution in [2.24, 2.45) is 5.73 Å². The lowest BCUT2D eigenvalue weighted by atomic mass is 10.0. The van der Waals surface area contributed by atoms with E-state index in [0.29, 0.717) is 5.82 Å². The number of hydrogen-bond donors (Lipinski definition) is 2. The second-order valence-corrected chi connectivity index (χ2v) is 4.02. The summed E-state index contributed by atoms with van der Waals surface area (Å²) in [5.74, 6) is 0.165. The fourth-order valence-corrected chi connectivity index (χ4v) is 2.17. The van der Waals surface area contributed by atoms with Gasteiger partial charge in [-0.25, -0.2) is 4.98 Å². The highest BCUT2D eigenvalue weighted by atomic mass is 16.1. The summed E-state index contributed by atoms with van der Waals surface area (Å²) in [6, 6.07) is 3.45. The van der Waals surface area contributed by atoms with Gasteiger partial charge in [0, 0.05) is 12.7 Å². The van der Waals surface area contributed by atoms with E-state index in [1.807, 2.05) is 17.0 Å². The van der Waals surface area contributed by atoms with E-state index in [9.17, 15) is 4.79 Å². The molecule has 86 valence electrons. The average Bonchev–Trinajstić information content (AvgIpc) is 2.29. The lowest BCUT2D eigenvalue weighted by Crippen LogP contribution is -2.48. The monoisotopic (exact) mass is 220 g/mol. The van der Waals surface area contributed by atoms with E-state index in [1.54, 1.807) is 6.20 Å². The van der Waals surface area contributed by atoms with Gasteiger partial charge in [0.25, 0.3) is 0 Å². The minimum atomic E-state index is -0.289. The summed E-state index contributed by atoms with van der Waals surface area (Å²) in [6.07, 6.45) is 4.52. The number of nitrogens with zero attached hydrogens (tertiary/aromatic N) is 2. The second-order valence-electron chi connectivity index (χ2n) is 4.02.